The average molecular weight is 308 g/mol. The quantitative estimate of drug-likeness (QED) is 0.664. The van der Waals surface area contributed by atoms with Crippen LogP contribution in [0.1, 0.15) is 29.2 Å². The zero-order chi connectivity index (χ0) is 16.4. The number of rotatable bonds is 4. The Bertz CT molecular complexity index is 906. The Labute approximate surface area is 135 Å². The van der Waals surface area contributed by atoms with Crippen molar-refractivity contribution in [2.75, 3.05) is 0 Å². The first kappa shape index (κ1) is 15.3. The Morgan fingerprint density at radius 1 is 1.00 bits per heavy atom. The van der Waals surface area contributed by atoms with E-state index >= 15 is 0 Å². The summed E-state index contributed by atoms with van der Waals surface area (Å²) in [7, 11) is 0. The molecule has 1 heterocycles. The van der Waals surface area contributed by atoms with Gasteiger partial charge in [0.2, 0.25) is 0 Å². The molecule has 1 aromatic heterocycles. The maximum atomic E-state index is 11.6. The molecule has 3 aromatic rings. The van der Waals surface area contributed by atoms with E-state index < -0.39 is 0 Å². The van der Waals surface area contributed by atoms with E-state index in [1.807, 2.05) is 19.1 Å². The van der Waals surface area contributed by atoms with E-state index in [1.165, 1.54) is 11.1 Å². The summed E-state index contributed by atoms with van der Waals surface area (Å²) in [6.45, 7) is 6.67. The van der Waals surface area contributed by atoms with Gasteiger partial charge in [-0.15, -0.1) is 0 Å². The fourth-order valence-corrected chi connectivity index (χ4v) is 2.71. The Kier molecular flexibility index (Phi) is 4.20. The topological polar surface area (TPSA) is 39.4 Å². The molecular weight excluding hydrogens is 288 g/mol. The minimum atomic E-state index is -0.318. The molecule has 118 valence electrons. The average Bonchev–Trinajstić information content (AvgIpc) is 2.54. The zero-order valence-corrected chi connectivity index (χ0v) is 13.7. The molecule has 2 aromatic carbocycles. The van der Waals surface area contributed by atoms with E-state index in [9.17, 15) is 4.79 Å². The monoisotopic (exact) mass is 308 g/mol. The highest BCUT2D eigenvalue weighted by Crippen LogP contribution is 2.24. The molecule has 0 unspecified atom stereocenters. The first-order valence-electron chi connectivity index (χ1n) is 7.82. The highest BCUT2D eigenvalue weighted by Gasteiger charge is 2.07. The predicted octanol–water partition coefficient (Wildman–Crippen LogP) is 4.55. The first-order valence-corrected chi connectivity index (χ1v) is 7.82. The van der Waals surface area contributed by atoms with Gasteiger partial charge in [-0.3, -0.25) is 0 Å². The largest absolute Gasteiger partial charge is 0.489 e. The van der Waals surface area contributed by atoms with Crippen molar-refractivity contribution >= 4 is 11.0 Å². The smallest absolute Gasteiger partial charge is 0.336 e. The van der Waals surface area contributed by atoms with Crippen LogP contribution in [-0.4, -0.2) is 0 Å². The van der Waals surface area contributed by atoms with Gasteiger partial charge in [-0.25, -0.2) is 4.79 Å². The minimum Gasteiger partial charge on any atom is -0.489 e. The Balaban J connectivity index is 1.89. The minimum absolute atomic E-state index is 0.318. The molecule has 0 spiro atoms. The van der Waals surface area contributed by atoms with Crippen LogP contribution in [0, 0.1) is 13.8 Å². The number of fused-ring (bicyclic) bond motifs is 1. The van der Waals surface area contributed by atoms with Gasteiger partial charge in [-0.2, -0.15) is 0 Å². The van der Waals surface area contributed by atoms with Gasteiger partial charge in [0.25, 0.3) is 0 Å². The van der Waals surface area contributed by atoms with Crippen molar-refractivity contribution in [3.8, 4) is 5.75 Å². The molecule has 0 bridgehead atoms. The van der Waals surface area contributed by atoms with E-state index in [0.29, 0.717) is 17.9 Å². The molecule has 23 heavy (non-hydrogen) atoms. The van der Waals surface area contributed by atoms with Crippen molar-refractivity contribution in [1.82, 2.24) is 0 Å². The van der Waals surface area contributed by atoms with Crippen LogP contribution in [0.2, 0.25) is 0 Å². The second kappa shape index (κ2) is 6.29. The lowest BCUT2D eigenvalue weighted by molar-refractivity contribution is 0.305. The van der Waals surface area contributed by atoms with Crippen molar-refractivity contribution in [1.29, 1.82) is 0 Å². The predicted molar refractivity (Wildman–Crippen MR) is 92.1 cm³/mol. The van der Waals surface area contributed by atoms with E-state index in [1.54, 1.807) is 12.1 Å². The molecule has 0 saturated heterocycles. The molecule has 0 aliphatic carbocycles. The maximum absolute atomic E-state index is 11.6. The van der Waals surface area contributed by atoms with Gasteiger partial charge in [-0.1, -0.05) is 30.7 Å². The lowest BCUT2D eigenvalue weighted by atomic mass is 10.1. The van der Waals surface area contributed by atoms with Gasteiger partial charge in [0, 0.05) is 17.5 Å². The normalized spacial score (nSPS) is 10.9. The molecule has 0 amide bonds. The molecule has 0 atom stereocenters. The summed E-state index contributed by atoms with van der Waals surface area (Å²) in [5, 5.41) is 0.964. The fourth-order valence-electron chi connectivity index (χ4n) is 2.71. The molecular formula is C20H20O3. The molecule has 0 radical (unpaired) electrons. The number of benzene rings is 2. The van der Waals surface area contributed by atoms with E-state index in [2.05, 4.69) is 32.0 Å². The van der Waals surface area contributed by atoms with Crippen molar-refractivity contribution in [3.63, 3.8) is 0 Å². The Hall–Kier alpha value is -2.55. The van der Waals surface area contributed by atoms with Crippen molar-refractivity contribution < 1.29 is 9.15 Å². The van der Waals surface area contributed by atoms with Crippen LogP contribution in [-0.2, 0) is 13.0 Å². The van der Waals surface area contributed by atoms with Crippen molar-refractivity contribution in [2.24, 2.45) is 0 Å². The van der Waals surface area contributed by atoms with Crippen molar-refractivity contribution in [2.45, 2.75) is 33.8 Å². The molecule has 3 heteroatoms. The second-order valence-electron chi connectivity index (χ2n) is 5.82. The van der Waals surface area contributed by atoms with E-state index in [4.69, 9.17) is 9.15 Å². The lowest BCUT2D eigenvalue weighted by Gasteiger charge is -2.10. The van der Waals surface area contributed by atoms with Crippen LogP contribution in [0.4, 0.5) is 0 Å². The second-order valence-corrected chi connectivity index (χ2v) is 5.82. The Morgan fingerprint density at radius 2 is 1.83 bits per heavy atom. The SMILES string of the molecule is CCc1cc(=O)oc2cc(OCc3cc(C)ccc3C)ccc12. The molecule has 0 aliphatic rings. The number of ether oxygens (including phenoxy) is 1. The lowest BCUT2D eigenvalue weighted by Crippen LogP contribution is -2.01. The molecule has 0 N–H and O–H groups in total. The third-order valence-electron chi connectivity index (χ3n) is 4.08. The van der Waals surface area contributed by atoms with Gasteiger partial charge in [-0.05, 0) is 49.1 Å². The van der Waals surface area contributed by atoms with Gasteiger partial charge in [0.1, 0.15) is 17.9 Å². The maximum Gasteiger partial charge on any atom is 0.336 e. The van der Waals surface area contributed by atoms with Crippen LogP contribution < -0.4 is 10.4 Å². The summed E-state index contributed by atoms with van der Waals surface area (Å²) in [5.74, 6) is 0.704. The molecule has 0 saturated carbocycles. The third kappa shape index (κ3) is 3.29. The number of hydrogen-bond donors (Lipinski definition) is 0. The van der Waals surface area contributed by atoms with Crippen molar-refractivity contribution in [3.05, 3.63) is 75.1 Å². The van der Waals surface area contributed by atoms with Gasteiger partial charge in [0.15, 0.2) is 0 Å². The van der Waals surface area contributed by atoms with E-state index in [0.717, 1.165) is 22.9 Å². The summed E-state index contributed by atoms with van der Waals surface area (Å²) in [6, 6.07) is 13.5. The van der Waals surface area contributed by atoms with Crippen LogP contribution in [0.25, 0.3) is 11.0 Å². The van der Waals surface area contributed by atoms with E-state index in [-0.39, 0.29) is 5.63 Å². The first-order chi connectivity index (χ1) is 11.1. The van der Waals surface area contributed by atoms with Gasteiger partial charge in [0.05, 0.1) is 0 Å². The van der Waals surface area contributed by atoms with Gasteiger partial charge < -0.3 is 9.15 Å². The summed E-state index contributed by atoms with van der Waals surface area (Å²) in [4.78, 5) is 11.6. The van der Waals surface area contributed by atoms with Crippen LogP contribution in [0.5, 0.6) is 5.75 Å². The van der Waals surface area contributed by atoms with Crippen LogP contribution in [0.15, 0.2) is 51.7 Å². The summed E-state index contributed by atoms with van der Waals surface area (Å²) in [5.41, 5.74) is 4.84. The summed E-state index contributed by atoms with van der Waals surface area (Å²) >= 11 is 0. The Morgan fingerprint density at radius 3 is 2.61 bits per heavy atom. The number of hydrogen-bond acceptors (Lipinski definition) is 3. The van der Waals surface area contributed by atoms with Crippen LogP contribution >= 0.6 is 0 Å². The molecule has 0 aliphatic heterocycles. The number of aryl methyl sites for hydroxylation is 3. The zero-order valence-electron chi connectivity index (χ0n) is 13.7. The van der Waals surface area contributed by atoms with Gasteiger partial charge >= 0.3 is 5.63 Å². The fraction of sp³-hybridized carbons (Fsp3) is 0.250. The third-order valence-corrected chi connectivity index (χ3v) is 4.08. The molecule has 0 fully saturated rings. The summed E-state index contributed by atoms with van der Waals surface area (Å²) < 4.78 is 11.2. The highest BCUT2D eigenvalue weighted by molar-refractivity contribution is 5.81. The molecule has 3 rings (SSSR count). The standard InChI is InChI=1S/C20H20O3/c1-4-15-10-20(21)23-19-11-17(7-8-18(15)19)22-12-16-9-13(2)5-6-14(16)3/h5-11H,4,12H2,1-3H3. The summed E-state index contributed by atoms with van der Waals surface area (Å²) in [6.07, 6.45) is 0.796. The van der Waals surface area contributed by atoms with Crippen LogP contribution in [0.3, 0.4) is 0 Å². The highest BCUT2D eigenvalue weighted by atomic mass is 16.5. The molecule has 3 nitrogen and oxygen atoms in total.